The summed E-state index contributed by atoms with van der Waals surface area (Å²) in [6, 6.07) is 10.7. The summed E-state index contributed by atoms with van der Waals surface area (Å²) >= 11 is 0. The zero-order valence-corrected chi connectivity index (χ0v) is 15.9. The average Bonchev–Trinajstić information content (AvgIpc) is 3.41. The van der Waals surface area contributed by atoms with Gasteiger partial charge in [0.1, 0.15) is 0 Å². The van der Waals surface area contributed by atoms with Crippen LogP contribution in [-0.4, -0.2) is 52.2 Å². The third kappa shape index (κ3) is 4.69. The predicted octanol–water partition coefficient (Wildman–Crippen LogP) is 3.09. The molecule has 2 aliphatic heterocycles. The number of urea groups is 1. The van der Waals surface area contributed by atoms with Gasteiger partial charge in [0.25, 0.3) is 0 Å². The zero-order valence-electron chi connectivity index (χ0n) is 15.9. The number of hydrogen-bond donors (Lipinski definition) is 2. The van der Waals surface area contributed by atoms with Crippen LogP contribution < -0.4 is 5.32 Å². The van der Waals surface area contributed by atoms with E-state index in [9.17, 15) is 4.79 Å². The SMILES string of the molecule is O=C(NCc1ccc(CN2CCCC2)cc1)N1CCCC(c2ccn[nH]2)C1. The maximum Gasteiger partial charge on any atom is 0.317 e. The van der Waals surface area contributed by atoms with Crippen molar-refractivity contribution >= 4 is 6.03 Å². The molecule has 3 heterocycles. The molecule has 2 fully saturated rings. The van der Waals surface area contributed by atoms with Gasteiger partial charge in [0.05, 0.1) is 0 Å². The van der Waals surface area contributed by atoms with Crippen LogP contribution in [0.2, 0.25) is 0 Å². The Morgan fingerprint density at radius 2 is 1.85 bits per heavy atom. The van der Waals surface area contributed by atoms with Gasteiger partial charge in [-0.2, -0.15) is 5.10 Å². The number of aromatic amines is 1. The third-order valence-electron chi connectivity index (χ3n) is 5.74. The maximum atomic E-state index is 12.6. The van der Waals surface area contributed by atoms with Gasteiger partial charge in [0, 0.05) is 44.0 Å². The van der Waals surface area contributed by atoms with Crippen molar-refractivity contribution in [1.82, 2.24) is 25.3 Å². The number of benzene rings is 1. The van der Waals surface area contributed by atoms with Crippen molar-refractivity contribution in [2.75, 3.05) is 26.2 Å². The molecule has 0 saturated carbocycles. The number of likely N-dealkylation sites (tertiary alicyclic amines) is 2. The van der Waals surface area contributed by atoms with E-state index >= 15 is 0 Å². The smallest absolute Gasteiger partial charge is 0.317 e. The number of H-pyrrole nitrogens is 1. The average molecular weight is 367 g/mol. The minimum atomic E-state index is 0.0281. The summed E-state index contributed by atoms with van der Waals surface area (Å²) in [6.07, 6.45) is 6.55. The topological polar surface area (TPSA) is 64.3 Å². The first kappa shape index (κ1) is 18.0. The molecule has 2 aromatic rings. The number of piperidine rings is 1. The van der Waals surface area contributed by atoms with E-state index in [0.717, 1.165) is 43.7 Å². The molecule has 1 aromatic carbocycles. The second-order valence-corrected chi connectivity index (χ2v) is 7.76. The molecule has 0 spiro atoms. The van der Waals surface area contributed by atoms with Crippen LogP contribution in [0.4, 0.5) is 4.79 Å². The lowest BCUT2D eigenvalue weighted by Crippen LogP contribution is -2.44. The summed E-state index contributed by atoms with van der Waals surface area (Å²) in [5.41, 5.74) is 3.63. The minimum Gasteiger partial charge on any atom is -0.334 e. The van der Waals surface area contributed by atoms with Gasteiger partial charge in [-0.05, 0) is 56.0 Å². The maximum absolute atomic E-state index is 12.6. The highest BCUT2D eigenvalue weighted by Gasteiger charge is 2.25. The van der Waals surface area contributed by atoms with Gasteiger partial charge in [0.2, 0.25) is 0 Å². The van der Waals surface area contributed by atoms with Crippen molar-refractivity contribution < 1.29 is 4.79 Å². The molecule has 1 unspecified atom stereocenters. The highest BCUT2D eigenvalue weighted by molar-refractivity contribution is 5.74. The Morgan fingerprint density at radius 1 is 1.07 bits per heavy atom. The van der Waals surface area contributed by atoms with Gasteiger partial charge in [-0.3, -0.25) is 10.00 Å². The summed E-state index contributed by atoms with van der Waals surface area (Å²) in [7, 11) is 0. The van der Waals surface area contributed by atoms with Crippen molar-refractivity contribution in [3.05, 3.63) is 53.3 Å². The molecule has 0 radical (unpaired) electrons. The van der Waals surface area contributed by atoms with E-state index in [1.54, 1.807) is 6.20 Å². The van der Waals surface area contributed by atoms with Crippen molar-refractivity contribution in [2.24, 2.45) is 0 Å². The van der Waals surface area contributed by atoms with E-state index in [-0.39, 0.29) is 6.03 Å². The second-order valence-electron chi connectivity index (χ2n) is 7.76. The van der Waals surface area contributed by atoms with Gasteiger partial charge < -0.3 is 10.2 Å². The van der Waals surface area contributed by atoms with Gasteiger partial charge in [-0.15, -0.1) is 0 Å². The molecule has 2 N–H and O–H groups in total. The number of carbonyl (C=O) groups excluding carboxylic acids is 1. The molecule has 1 atom stereocenters. The zero-order chi connectivity index (χ0) is 18.5. The Labute approximate surface area is 160 Å². The van der Waals surface area contributed by atoms with Crippen LogP contribution >= 0.6 is 0 Å². The fraction of sp³-hybridized carbons (Fsp3) is 0.524. The van der Waals surface area contributed by atoms with Crippen LogP contribution in [0, 0.1) is 0 Å². The lowest BCUT2D eigenvalue weighted by molar-refractivity contribution is 0.178. The Morgan fingerprint density at radius 3 is 2.59 bits per heavy atom. The Hall–Kier alpha value is -2.34. The summed E-state index contributed by atoms with van der Waals surface area (Å²) in [4.78, 5) is 17.0. The molecule has 27 heavy (non-hydrogen) atoms. The quantitative estimate of drug-likeness (QED) is 0.853. The fourth-order valence-corrected chi connectivity index (χ4v) is 4.16. The molecule has 0 bridgehead atoms. The summed E-state index contributed by atoms with van der Waals surface area (Å²) in [5.74, 6) is 0.358. The molecule has 2 aliphatic rings. The number of hydrogen-bond acceptors (Lipinski definition) is 3. The third-order valence-corrected chi connectivity index (χ3v) is 5.74. The summed E-state index contributed by atoms with van der Waals surface area (Å²) in [6.45, 7) is 5.62. The molecule has 2 amide bonds. The normalized spacial score (nSPS) is 20.7. The van der Waals surface area contributed by atoms with Gasteiger partial charge in [-0.25, -0.2) is 4.79 Å². The van der Waals surface area contributed by atoms with E-state index in [2.05, 4.69) is 44.7 Å². The van der Waals surface area contributed by atoms with E-state index in [1.807, 2.05) is 11.0 Å². The first-order valence-corrected chi connectivity index (χ1v) is 10.1. The van der Waals surface area contributed by atoms with E-state index < -0.39 is 0 Å². The van der Waals surface area contributed by atoms with Gasteiger partial charge in [-0.1, -0.05) is 24.3 Å². The summed E-state index contributed by atoms with van der Waals surface area (Å²) in [5, 5.41) is 10.2. The number of aromatic nitrogens is 2. The lowest BCUT2D eigenvalue weighted by Gasteiger charge is -2.32. The van der Waals surface area contributed by atoms with Gasteiger partial charge in [0.15, 0.2) is 0 Å². The minimum absolute atomic E-state index is 0.0281. The van der Waals surface area contributed by atoms with Crippen molar-refractivity contribution in [3.63, 3.8) is 0 Å². The molecule has 4 rings (SSSR count). The number of carbonyl (C=O) groups is 1. The Kier molecular flexibility index (Phi) is 5.72. The molecule has 6 heteroatoms. The predicted molar refractivity (Wildman–Crippen MR) is 105 cm³/mol. The monoisotopic (exact) mass is 367 g/mol. The largest absolute Gasteiger partial charge is 0.334 e. The number of nitrogens with one attached hydrogen (secondary N) is 2. The Bertz CT molecular complexity index is 722. The van der Waals surface area contributed by atoms with Crippen LogP contribution in [0.3, 0.4) is 0 Å². The number of rotatable bonds is 5. The first-order chi connectivity index (χ1) is 13.3. The number of amides is 2. The van der Waals surface area contributed by atoms with E-state index in [0.29, 0.717) is 12.5 Å². The Balaban J connectivity index is 1.26. The van der Waals surface area contributed by atoms with Crippen molar-refractivity contribution in [1.29, 1.82) is 0 Å². The lowest BCUT2D eigenvalue weighted by atomic mass is 9.95. The van der Waals surface area contributed by atoms with Crippen molar-refractivity contribution in [3.8, 4) is 0 Å². The van der Waals surface area contributed by atoms with Crippen LogP contribution in [0.5, 0.6) is 0 Å². The van der Waals surface area contributed by atoms with Crippen LogP contribution in [0.25, 0.3) is 0 Å². The summed E-state index contributed by atoms with van der Waals surface area (Å²) < 4.78 is 0. The molecule has 1 aromatic heterocycles. The van der Waals surface area contributed by atoms with Crippen LogP contribution in [0.1, 0.15) is 48.4 Å². The van der Waals surface area contributed by atoms with Crippen LogP contribution in [0.15, 0.2) is 36.5 Å². The van der Waals surface area contributed by atoms with Crippen molar-refractivity contribution in [2.45, 2.75) is 44.7 Å². The van der Waals surface area contributed by atoms with E-state index in [4.69, 9.17) is 0 Å². The first-order valence-electron chi connectivity index (χ1n) is 10.1. The molecule has 144 valence electrons. The molecular weight excluding hydrogens is 338 g/mol. The fourth-order valence-electron chi connectivity index (χ4n) is 4.16. The van der Waals surface area contributed by atoms with Crippen LogP contribution in [-0.2, 0) is 13.1 Å². The molecule has 6 nitrogen and oxygen atoms in total. The highest BCUT2D eigenvalue weighted by Crippen LogP contribution is 2.25. The van der Waals surface area contributed by atoms with Gasteiger partial charge >= 0.3 is 6.03 Å². The standard InChI is InChI=1S/C21H29N5O/c27-21(26-13-3-4-19(16-26)20-9-10-23-24-20)22-14-17-5-7-18(8-6-17)15-25-11-1-2-12-25/h5-10,19H,1-4,11-16H2,(H,22,27)(H,23,24). The molecular formula is C21H29N5O. The second kappa shape index (κ2) is 8.57. The van der Waals surface area contributed by atoms with E-state index in [1.165, 1.54) is 31.5 Å². The highest BCUT2D eigenvalue weighted by atomic mass is 16.2. The molecule has 0 aliphatic carbocycles. The number of nitrogens with zero attached hydrogens (tertiary/aromatic N) is 3. The molecule has 2 saturated heterocycles.